The lowest BCUT2D eigenvalue weighted by Gasteiger charge is -2.24. The lowest BCUT2D eigenvalue weighted by Crippen LogP contribution is -2.53. The van der Waals surface area contributed by atoms with Gasteiger partial charge < -0.3 is 15.7 Å². The highest BCUT2D eigenvalue weighted by atomic mass is 32.2. The Kier molecular flexibility index (Phi) is 5.62. The van der Waals surface area contributed by atoms with E-state index in [-0.39, 0.29) is 11.9 Å². The number of aliphatic carboxylic acids is 1. The summed E-state index contributed by atoms with van der Waals surface area (Å²) in [6, 6.07) is -1.01. The highest BCUT2D eigenvalue weighted by Crippen LogP contribution is 2.08. The van der Waals surface area contributed by atoms with Gasteiger partial charge in [0.2, 0.25) is 5.91 Å². The Morgan fingerprint density at radius 3 is 2.88 bits per heavy atom. The van der Waals surface area contributed by atoms with Crippen LogP contribution in [0.1, 0.15) is 19.8 Å². The first-order chi connectivity index (χ1) is 7.65. The summed E-state index contributed by atoms with van der Waals surface area (Å²) in [5, 5.41) is 14.6. The normalized spacial score (nSPS) is 22.4. The van der Waals surface area contributed by atoms with Crippen LogP contribution in [0.15, 0.2) is 0 Å². The van der Waals surface area contributed by atoms with Crippen LogP contribution in [0.5, 0.6) is 0 Å². The third-order valence-corrected chi connectivity index (χ3v) is 3.49. The summed E-state index contributed by atoms with van der Waals surface area (Å²) in [5.41, 5.74) is 0. The number of hydrogen-bond acceptors (Lipinski definition) is 4. The molecular weight excluding hydrogens is 228 g/mol. The number of carboxylic acids is 1. The molecule has 6 heteroatoms. The van der Waals surface area contributed by atoms with Crippen molar-refractivity contribution in [2.75, 3.05) is 18.1 Å². The zero-order valence-corrected chi connectivity index (χ0v) is 10.2. The molecule has 1 fully saturated rings. The van der Waals surface area contributed by atoms with Gasteiger partial charge in [-0.25, -0.2) is 4.79 Å². The van der Waals surface area contributed by atoms with Crippen LogP contribution in [0.2, 0.25) is 0 Å². The fourth-order valence-electron chi connectivity index (χ4n) is 1.55. The molecule has 1 amide bonds. The first-order valence-corrected chi connectivity index (χ1v) is 6.65. The van der Waals surface area contributed by atoms with E-state index in [1.165, 1.54) is 0 Å². The van der Waals surface area contributed by atoms with Gasteiger partial charge in [-0.3, -0.25) is 4.79 Å². The molecule has 0 saturated carbocycles. The number of amides is 1. The second-order valence-corrected chi connectivity index (χ2v) is 4.92. The largest absolute Gasteiger partial charge is 0.480 e. The number of carboxylic acid groups (broad SMARTS) is 1. The molecule has 0 aromatic carbocycles. The van der Waals surface area contributed by atoms with Crippen molar-refractivity contribution in [2.24, 2.45) is 0 Å². The molecule has 2 atom stereocenters. The Morgan fingerprint density at radius 2 is 2.38 bits per heavy atom. The third-order valence-electron chi connectivity index (χ3n) is 2.43. The lowest BCUT2D eigenvalue weighted by molar-refractivity contribution is -0.142. The monoisotopic (exact) mass is 246 g/mol. The van der Waals surface area contributed by atoms with Gasteiger partial charge in [0.25, 0.3) is 0 Å². The van der Waals surface area contributed by atoms with Crippen molar-refractivity contribution in [3.05, 3.63) is 0 Å². The molecule has 0 aromatic rings. The van der Waals surface area contributed by atoms with Crippen molar-refractivity contribution in [3.8, 4) is 0 Å². The molecule has 1 heterocycles. The smallest absolute Gasteiger partial charge is 0.326 e. The molecule has 16 heavy (non-hydrogen) atoms. The van der Waals surface area contributed by atoms with Crippen molar-refractivity contribution in [1.82, 2.24) is 10.6 Å². The number of carbonyl (C=O) groups is 2. The van der Waals surface area contributed by atoms with E-state index in [1.54, 1.807) is 11.8 Å². The Balaban J connectivity index is 2.43. The van der Waals surface area contributed by atoms with Crippen LogP contribution >= 0.6 is 11.8 Å². The van der Waals surface area contributed by atoms with Crippen LogP contribution in [0.3, 0.4) is 0 Å². The molecule has 1 saturated heterocycles. The highest BCUT2D eigenvalue weighted by molar-refractivity contribution is 7.99. The maximum atomic E-state index is 11.7. The summed E-state index contributed by atoms with van der Waals surface area (Å²) >= 11 is 1.71. The van der Waals surface area contributed by atoms with Gasteiger partial charge in [0.1, 0.15) is 6.04 Å². The molecule has 0 bridgehead atoms. The molecule has 1 aliphatic rings. The summed E-state index contributed by atoms with van der Waals surface area (Å²) in [4.78, 5) is 22.6. The predicted octanol–water partition coefficient (Wildman–Crippen LogP) is 0.0609. The van der Waals surface area contributed by atoms with E-state index in [0.717, 1.165) is 18.7 Å². The Labute approximate surface area is 99.4 Å². The van der Waals surface area contributed by atoms with E-state index in [0.29, 0.717) is 12.2 Å². The number of hydrogen-bond donors (Lipinski definition) is 3. The highest BCUT2D eigenvalue weighted by Gasteiger charge is 2.25. The predicted molar refractivity (Wildman–Crippen MR) is 63.6 cm³/mol. The van der Waals surface area contributed by atoms with E-state index < -0.39 is 12.0 Å². The third kappa shape index (κ3) is 4.02. The van der Waals surface area contributed by atoms with E-state index in [1.807, 2.05) is 6.92 Å². The van der Waals surface area contributed by atoms with E-state index >= 15 is 0 Å². The summed E-state index contributed by atoms with van der Waals surface area (Å²) in [6.07, 6.45) is 1.21. The Morgan fingerprint density at radius 1 is 1.62 bits per heavy atom. The van der Waals surface area contributed by atoms with Gasteiger partial charge in [0, 0.05) is 18.1 Å². The number of carbonyl (C=O) groups excluding carboxylic acids is 1. The molecule has 1 unspecified atom stereocenters. The standard InChI is InChI=1S/C10H18N2O3S/c1-2-3-7(10(14)15)12-9(13)8-6-16-5-4-11-8/h7-8,11H,2-6H2,1H3,(H,12,13)(H,14,15)/t7-,8?/m1/s1. The Hall–Kier alpha value is -0.750. The number of nitrogens with one attached hydrogen (secondary N) is 2. The minimum Gasteiger partial charge on any atom is -0.480 e. The lowest BCUT2D eigenvalue weighted by atomic mass is 10.1. The summed E-state index contributed by atoms with van der Waals surface area (Å²) in [7, 11) is 0. The molecule has 5 nitrogen and oxygen atoms in total. The second-order valence-electron chi connectivity index (χ2n) is 3.77. The van der Waals surface area contributed by atoms with Gasteiger partial charge in [0.05, 0.1) is 6.04 Å². The van der Waals surface area contributed by atoms with E-state index in [2.05, 4.69) is 10.6 Å². The summed E-state index contributed by atoms with van der Waals surface area (Å²) < 4.78 is 0. The van der Waals surface area contributed by atoms with Crippen LogP contribution < -0.4 is 10.6 Å². The quantitative estimate of drug-likeness (QED) is 0.639. The average Bonchev–Trinajstić information content (AvgIpc) is 2.29. The van der Waals surface area contributed by atoms with Crippen molar-refractivity contribution in [3.63, 3.8) is 0 Å². The van der Waals surface area contributed by atoms with Crippen molar-refractivity contribution in [1.29, 1.82) is 0 Å². The summed E-state index contributed by atoms with van der Waals surface area (Å²) in [6.45, 7) is 2.70. The van der Waals surface area contributed by atoms with E-state index in [4.69, 9.17) is 5.11 Å². The molecule has 1 aliphatic heterocycles. The molecule has 0 aliphatic carbocycles. The van der Waals surface area contributed by atoms with Gasteiger partial charge in [-0.1, -0.05) is 13.3 Å². The molecule has 0 radical (unpaired) electrons. The molecule has 3 N–H and O–H groups in total. The van der Waals surface area contributed by atoms with Gasteiger partial charge in [-0.2, -0.15) is 11.8 Å². The first kappa shape index (κ1) is 13.3. The van der Waals surface area contributed by atoms with Crippen LogP contribution in [0.4, 0.5) is 0 Å². The molecule has 1 rings (SSSR count). The van der Waals surface area contributed by atoms with Crippen molar-refractivity contribution in [2.45, 2.75) is 31.8 Å². The number of rotatable bonds is 5. The zero-order valence-electron chi connectivity index (χ0n) is 9.36. The van der Waals surface area contributed by atoms with Gasteiger partial charge >= 0.3 is 5.97 Å². The maximum absolute atomic E-state index is 11.7. The molecular formula is C10H18N2O3S. The zero-order chi connectivity index (χ0) is 12.0. The minimum atomic E-state index is -0.960. The number of thioether (sulfide) groups is 1. The molecule has 92 valence electrons. The van der Waals surface area contributed by atoms with Gasteiger partial charge in [0.15, 0.2) is 0 Å². The van der Waals surface area contributed by atoms with Crippen molar-refractivity contribution < 1.29 is 14.7 Å². The van der Waals surface area contributed by atoms with Crippen LogP contribution in [0.25, 0.3) is 0 Å². The van der Waals surface area contributed by atoms with Crippen molar-refractivity contribution >= 4 is 23.6 Å². The summed E-state index contributed by atoms with van der Waals surface area (Å²) in [5.74, 6) is 0.553. The topological polar surface area (TPSA) is 78.4 Å². The first-order valence-electron chi connectivity index (χ1n) is 5.49. The minimum absolute atomic E-state index is 0.201. The Bertz CT molecular complexity index is 254. The molecule has 0 aromatic heterocycles. The van der Waals surface area contributed by atoms with Gasteiger partial charge in [-0.05, 0) is 6.42 Å². The van der Waals surface area contributed by atoms with Gasteiger partial charge in [-0.15, -0.1) is 0 Å². The fraction of sp³-hybridized carbons (Fsp3) is 0.800. The van der Waals surface area contributed by atoms with E-state index in [9.17, 15) is 9.59 Å². The second kappa shape index (κ2) is 6.75. The maximum Gasteiger partial charge on any atom is 0.326 e. The van der Waals surface area contributed by atoms with Crippen LogP contribution in [0, 0.1) is 0 Å². The van der Waals surface area contributed by atoms with Crippen LogP contribution in [-0.2, 0) is 9.59 Å². The van der Waals surface area contributed by atoms with Crippen LogP contribution in [-0.4, -0.2) is 47.1 Å². The average molecular weight is 246 g/mol. The fourth-order valence-corrected chi connectivity index (χ4v) is 2.49. The SMILES string of the molecule is CCC[C@@H](NC(=O)C1CSCCN1)C(=O)O. The molecule has 0 spiro atoms.